The van der Waals surface area contributed by atoms with Crippen LogP contribution in [0, 0.1) is 11.6 Å². The molecule has 5 rings (SSSR count). The zero-order chi connectivity index (χ0) is 27.9. The highest BCUT2D eigenvalue weighted by Crippen LogP contribution is 2.44. The Morgan fingerprint density at radius 1 is 0.974 bits per heavy atom. The molecule has 39 heavy (non-hydrogen) atoms. The van der Waals surface area contributed by atoms with E-state index in [-0.39, 0.29) is 29.1 Å². The van der Waals surface area contributed by atoms with Crippen molar-refractivity contribution in [2.45, 2.75) is 44.8 Å². The van der Waals surface area contributed by atoms with Crippen LogP contribution in [-0.4, -0.2) is 37.6 Å². The van der Waals surface area contributed by atoms with E-state index >= 15 is 0 Å². The van der Waals surface area contributed by atoms with Gasteiger partial charge >= 0.3 is 13.2 Å². The predicted octanol–water partition coefficient (Wildman–Crippen LogP) is 7.28. The van der Waals surface area contributed by atoms with Crippen LogP contribution >= 0.6 is 15.9 Å². The molecule has 0 bridgehead atoms. The van der Waals surface area contributed by atoms with Gasteiger partial charge in [0.05, 0.1) is 15.7 Å². The SMILES string of the molecule is CC1(C)OB(C(=Cc2cc(F)c(Br)cc2F)CNC(=O)OCC2c3ccccc3-c3ccccc32)OC1(C)C. The Labute approximate surface area is 235 Å². The molecule has 0 atom stereocenters. The molecule has 1 fully saturated rings. The van der Waals surface area contributed by atoms with Crippen LogP contribution in [0.25, 0.3) is 17.2 Å². The number of ether oxygens (including phenoxy) is 1. The maximum absolute atomic E-state index is 14.7. The van der Waals surface area contributed by atoms with Crippen LogP contribution in [0.5, 0.6) is 0 Å². The van der Waals surface area contributed by atoms with E-state index in [2.05, 4.69) is 33.4 Å². The molecule has 1 saturated heterocycles. The average Bonchev–Trinajstić information content (AvgIpc) is 3.32. The van der Waals surface area contributed by atoms with E-state index in [4.69, 9.17) is 14.0 Å². The molecule has 1 aliphatic carbocycles. The molecule has 1 heterocycles. The van der Waals surface area contributed by atoms with Gasteiger partial charge in [-0.25, -0.2) is 13.6 Å². The van der Waals surface area contributed by atoms with Gasteiger partial charge in [0, 0.05) is 18.0 Å². The molecule has 0 saturated carbocycles. The minimum Gasteiger partial charge on any atom is -0.449 e. The number of alkyl carbamates (subject to hydrolysis) is 1. The number of fused-ring (bicyclic) bond motifs is 3. The summed E-state index contributed by atoms with van der Waals surface area (Å²) < 4.78 is 46.8. The number of hydrogen-bond donors (Lipinski definition) is 1. The summed E-state index contributed by atoms with van der Waals surface area (Å²) in [5.41, 5.74) is 3.59. The van der Waals surface area contributed by atoms with Gasteiger partial charge in [-0.3, -0.25) is 0 Å². The van der Waals surface area contributed by atoms with Gasteiger partial charge < -0.3 is 19.4 Å². The highest BCUT2D eigenvalue weighted by atomic mass is 79.9. The first kappa shape index (κ1) is 27.6. The smallest absolute Gasteiger partial charge is 0.449 e. The number of carbonyl (C=O) groups excluding carboxylic acids is 1. The fraction of sp³-hybridized carbons (Fsp3) is 0.300. The third kappa shape index (κ3) is 5.40. The van der Waals surface area contributed by atoms with Gasteiger partial charge in [-0.15, -0.1) is 0 Å². The summed E-state index contributed by atoms with van der Waals surface area (Å²) in [7, 11) is -0.880. The number of carbonyl (C=O) groups is 1. The number of amides is 1. The van der Waals surface area contributed by atoms with Crippen molar-refractivity contribution in [3.8, 4) is 11.1 Å². The van der Waals surface area contributed by atoms with Crippen LogP contribution in [-0.2, 0) is 14.0 Å². The fourth-order valence-electron chi connectivity index (χ4n) is 4.87. The molecular weight excluding hydrogens is 567 g/mol. The quantitative estimate of drug-likeness (QED) is 0.240. The molecule has 5 nitrogen and oxygen atoms in total. The van der Waals surface area contributed by atoms with Crippen LogP contribution in [0.3, 0.4) is 0 Å². The summed E-state index contributed by atoms with van der Waals surface area (Å²) >= 11 is 3.00. The first-order chi connectivity index (χ1) is 18.5. The molecule has 2 aliphatic rings. The molecule has 0 aromatic heterocycles. The highest BCUT2D eigenvalue weighted by Gasteiger charge is 2.52. The monoisotopic (exact) mass is 595 g/mol. The van der Waals surface area contributed by atoms with Crippen molar-refractivity contribution in [1.82, 2.24) is 5.32 Å². The van der Waals surface area contributed by atoms with Crippen molar-refractivity contribution in [3.63, 3.8) is 0 Å². The molecule has 1 amide bonds. The lowest BCUT2D eigenvalue weighted by Gasteiger charge is -2.32. The van der Waals surface area contributed by atoms with Crippen LogP contribution < -0.4 is 5.32 Å². The van der Waals surface area contributed by atoms with Crippen molar-refractivity contribution in [2.24, 2.45) is 0 Å². The topological polar surface area (TPSA) is 56.8 Å². The first-order valence-electron chi connectivity index (χ1n) is 12.8. The lowest BCUT2D eigenvalue weighted by atomic mass is 9.77. The molecule has 202 valence electrons. The third-order valence-electron chi connectivity index (χ3n) is 7.72. The van der Waals surface area contributed by atoms with E-state index in [1.54, 1.807) is 0 Å². The maximum atomic E-state index is 14.7. The van der Waals surface area contributed by atoms with Crippen molar-refractivity contribution in [3.05, 3.63) is 98.9 Å². The summed E-state index contributed by atoms with van der Waals surface area (Å²) in [5.74, 6) is -1.32. The van der Waals surface area contributed by atoms with Crippen molar-refractivity contribution in [2.75, 3.05) is 13.2 Å². The summed E-state index contributed by atoms with van der Waals surface area (Å²) in [6.45, 7) is 7.67. The van der Waals surface area contributed by atoms with Gasteiger partial charge in [0.25, 0.3) is 0 Å². The zero-order valence-electron chi connectivity index (χ0n) is 22.2. The van der Waals surface area contributed by atoms with E-state index in [1.165, 1.54) is 6.08 Å². The molecule has 0 spiro atoms. The number of benzene rings is 3. The minimum absolute atomic E-state index is 0.00903. The van der Waals surface area contributed by atoms with E-state index in [0.29, 0.717) is 5.47 Å². The number of nitrogens with one attached hydrogen (secondary N) is 1. The van der Waals surface area contributed by atoms with Crippen LogP contribution in [0.2, 0.25) is 0 Å². The first-order valence-corrected chi connectivity index (χ1v) is 13.6. The summed E-state index contributed by atoms with van der Waals surface area (Å²) in [6.07, 6.45) is 0.804. The Balaban J connectivity index is 1.33. The number of rotatable bonds is 6. The zero-order valence-corrected chi connectivity index (χ0v) is 23.8. The Kier molecular flexibility index (Phi) is 7.44. The van der Waals surface area contributed by atoms with Gasteiger partial charge in [0.15, 0.2) is 0 Å². The van der Waals surface area contributed by atoms with E-state index in [0.717, 1.165) is 34.4 Å². The molecule has 9 heteroatoms. The fourth-order valence-corrected chi connectivity index (χ4v) is 5.18. The van der Waals surface area contributed by atoms with Crippen molar-refractivity contribution < 1.29 is 27.6 Å². The van der Waals surface area contributed by atoms with Crippen LogP contribution in [0.1, 0.15) is 50.3 Å². The minimum atomic E-state index is -0.880. The van der Waals surface area contributed by atoms with Gasteiger partial charge in [0.2, 0.25) is 0 Å². The van der Waals surface area contributed by atoms with E-state index < -0.39 is 36.0 Å². The Hall–Kier alpha value is -3.01. The standard InChI is InChI=1S/C30H29BBrF2NO4/c1-29(2)30(3,4)39-31(38-29)19(13-18-14-27(34)25(32)15-26(18)33)16-35-28(36)37-17-24-22-11-7-5-9-20(22)21-10-6-8-12-23(21)24/h5-15,24H,16-17H2,1-4H3,(H,35,36). The second kappa shape index (κ2) is 10.5. The lowest BCUT2D eigenvalue weighted by molar-refractivity contribution is 0.00578. The second-order valence-electron chi connectivity index (χ2n) is 10.8. The molecule has 3 aromatic carbocycles. The third-order valence-corrected chi connectivity index (χ3v) is 8.32. The maximum Gasteiger partial charge on any atom is 0.492 e. The van der Waals surface area contributed by atoms with Gasteiger partial charge in [-0.2, -0.15) is 0 Å². The summed E-state index contributed by atoms with van der Waals surface area (Å²) in [5, 5.41) is 2.74. The van der Waals surface area contributed by atoms with Crippen LogP contribution in [0.15, 0.2) is 70.6 Å². The van der Waals surface area contributed by atoms with E-state index in [1.807, 2.05) is 64.1 Å². The average molecular weight is 596 g/mol. The van der Waals surface area contributed by atoms with Gasteiger partial charge in [-0.05, 0) is 83.5 Å². The molecule has 0 unspecified atom stereocenters. The second-order valence-corrected chi connectivity index (χ2v) is 11.6. The summed E-state index contributed by atoms with van der Waals surface area (Å²) in [4.78, 5) is 12.8. The molecule has 1 N–H and O–H groups in total. The number of halogens is 3. The lowest BCUT2D eigenvalue weighted by Crippen LogP contribution is -2.41. The van der Waals surface area contributed by atoms with Crippen molar-refractivity contribution in [1.29, 1.82) is 0 Å². The van der Waals surface area contributed by atoms with E-state index in [9.17, 15) is 13.6 Å². The highest BCUT2D eigenvalue weighted by molar-refractivity contribution is 9.10. The Bertz CT molecular complexity index is 1400. The van der Waals surface area contributed by atoms with Gasteiger partial charge in [0.1, 0.15) is 18.2 Å². The Morgan fingerprint density at radius 3 is 2.13 bits per heavy atom. The van der Waals surface area contributed by atoms with Gasteiger partial charge in [-0.1, -0.05) is 54.6 Å². The molecular formula is C30H29BBrF2NO4. The normalized spacial score (nSPS) is 17.6. The molecule has 3 aromatic rings. The predicted molar refractivity (Wildman–Crippen MR) is 151 cm³/mol. The molecule has 0 radical (unpaired) electrons. The number of hydrogen-bond acceptors (Lipinski definition) is 4. The molecule has 1 aliphatic heterocycles. The Morgan fingerprint density at radius 2 is 1.54 bits per heavy atom. The van der Waals surface area contributed by atoms with Crippen molar-refractivity contribution >= 4 is 35.2 Å². The summed E-state index contributed by atoms with van der Waals surface area (Å²) in [6, 6.07) is 18.3. The largest absolute Gasteiger partial charge is 0.492 e. The van der Waals surface area contributed by atoms with Crippen LogP contribution in [0.4, 0.5) is 13.6 Å².